The molecular formula is C10H21N3O3. The Hall–Kier alpha value is -1.14. The Morgan fingerprint density at radius 3 is 2.50 bits per heavy atom. The van der Waals surface area contributed by atoms with Gasteiger partial charge in [-0.3, -0.25) is 4.79 Å². The molecule has 0 aromatic heterocycles. The van der Waals surface area contributed by atoms with Gasteiger partial charge in [0.15, 0.2) is 0 Å². The average molecular weight is 231 g/mol. The summed E-state index contributed by atoms with van der Waals surface area (Å²) in [5, 5.41) is 14.3. The molecule has 0 aliphatic heterocycles. The molecule has 0 aliphatic rings. The average Bonchev–Trinajstić information content (AvgIpc) is 2.16. The Morgan fingerprint density at radius 1 is 1.44 bits per heavy atom. The molecule has 0 aromatic rings. The number of carboxylic acid groups (broad SMARTS) is 1. The van der Waals surface area contributed by atoms with Crippen molar-refractivity contribution in [2.45, 2.75) is 19.4 Å². The minimum Gasteiger partial charge on any atom is -0.480 e. The second kappa shape index (κ2) is 8.06. The molecule has 1 atom stereocenters. The number of nitrogens with zero attached hydrogens (tertiary/aromatic N) is 1. The summed E-state index contributed by atoms with van der Waals surface area (Å²) in [7, 11) is 3.71. The fraction of sp³-hybridized carbons (Fsp3) is 0.800. The molecule has 0 aliphatic carbocycles. The molecule has 0 bridgehead atoms. The summed E-state index contributed by atoms with van der Waals surface area (Å²) in [4.78, 5) is 23.5. The molecule has 0 aromatic carbocycles. The van der Waals surface area contributed by atoms with E-state index in [1.807, 2.05) is 19.0 Å². The maximum absolute atomic E-state index is 10.8. The third-order valence-electron chi connectivity index (χ3n) is 2.14. The van der Waals surface area contributed by atoms with Gasteiger partial charge in [-0.1, -0.05) is 0 Å². The highest BCUT2D eigenvalue weighted by Crippen LogP contribution is 1.92. The van der Waals surface area contributed by atoms with Crippen LogP contribution in [-0.2, 0) is 9.59 Å². The van der Waals surface area contributed by atoms with Crippen LogP contribution in [0.5, 0.6) is 0 Å². The van der Waals surface area contributed by atoms with Gasteiger partial charge in [-0.25, -0.2) is 4.79 Å². The molecule has 0 saturated heterocycles. The number of hydrogen-bond acceptors (Lipinski definition) is 4. The molecule has 1 unspecified atom stereocenters. The Bertz CT molecular complexity index is 233. The fourth-order valence-electron chi connectivity index (χ4n) is 1.36. The van der Waals surface area contributed by atoms with Crippen molar-refractivity contribution in [2.24, 2.45) is 0 Å². The largest absolute Gasteiger partial charge is 0.480 e. The number of carboxylic acids is 1. The summed E-state index contributed by atoms with van der Waals surface area (Å²) < 4.78 is 0. The van der Waals surface area contributed by atoms with Crippen molar-refractivity contribution < 1.29 is 14.7 Å². The van der Waals surface area contributed by atoms with E-state index in [4.69, 9.17) is 5.11 Å². The van der Waals surface area contributed by atoms with Crippen LogP contribution in [0.1, 0.15) is 13.3 Å². The Kier molecular flexibility index (Phi) is 7.49. The Labute approximate surface area is 96.0 Å². The fourth-order valence-corrected chi connectivity index (χ4v) is 1.36. The molecular weight excluding hydrogens is 210 g/mol. The van der Waals surface area contributed by atoms with Crippen LogP contribution in [0.2, 0.25) is 0 Å². The summed E-state index contributed by atoms with van der Waals surface area (Å²) in [5.41, 5.74) is 0. The number of carbonyl (C=O) groups excluding carboxylic acids is 1. The van der Waals surface area contributed by atoms with E-state index in [9.17, 15) is 9.59 Å². The number of aliphatic carboxylic acids is 1. The van der Waals surface area contributed by atoms with Gasteiger partial charge in [0.05, 0.1) is 0 Å². The van der Waals surface area contributed by atoms with E-state index in [0.717, 1.165) is 19.5 Å². The van der Waals surface area contributed by atoms with E-state index in [2.05, 4.69) is 10.6 Å². The van der Waals surface area contributed by atoms with Crippen LogP contribution >= 0.6 is 0 Å². The zero-order valence-electron chi connectivity index (χ0n) is 10.1. The summed E-state index contributed by atoms with van der Waals surface area (Å²) >= 11 is 0. The summed E-state index contributed by atoms with van der Waals surface area (Å²) in [6, 6.07) is -0.836. The zero-order valence-corrected chi connectivity index (χ0v) is 10.1. The first-order valence-electron chi connectivity index (χ1n) is 5.30. The van der Waals surface area contributed by atoms with E-state index in [0.29, 0.717) is 6.54 Å². The van der Waals surface area contributed by atoms with Gasteiger partial charge < -0.3 is 20.6 Å². The van der Waals surface area contributed by atoms with Crippen LogP contribution in [0.25, 0.3) is 0 Å². The topological polar surface area (TPSA) is 81.7 Å². The summed E-state index contributed by atoms with van der Waals surface area (Å²) in [6.07, 6.45) is 0.944. The molecule has 6 nitrogen and oxygen atoms in total. The second-order valence-corrected chi connectivity index (χ2v) is 3.81. The molecule has 1 amide bonds. The predicted octanol–water partition coefficient (Wildman–Crippen LogP) is -0.883. The molecule has 16 heavy (non-hydrogen) atoms. The minimum atomic E-state index is -1.00. The second-order valence-electron chi connectivity index (χ2n) is 3.81. The number of amides is 1. The normalized spacial score (nSPS) is 12.5. The SMILES string of the molecule is CNCCCN(C)CC(NC(C)=O)C(=O)O. The van der Waals surface area contributed by atoms with Crippen molar-refractivity contribution in [3.8, 4) is 0 Å². The third kappa shape index (κ3) is 7.19. The van der Waals surface area contributed by atoms with Gasteiger partial charge in [0.25, 0.3) is 0 Å². The lowest BCUT2D eigenvalue weighted by molar-refractivity contribution is -0.142. The number of hydrogen-bond donors (Lipinski definition) is 3. The molecule has 0 fully saturated rings. The lowest BCUT2D eigenvalue weighted by atomic mass is 10.2. The highest BCUT2D eigenvalue weighted by Gasteiger charge is 2.19. The number of likely N-dealkylation sites (N-methyl/N-ethyl adjacent to an activating group) is 1. The van der Waals surface area contributed by atoms with Crippen LogP contribution in [0.15, 0.2) is 0 Å². The van der Waals surface area contributed by atoms with Crippen LogP contribution in [0, 0.1) is 0 Å². The molecule has 0 spiro atoms. The predicted molar refractivity (Wildman–Crippen MR) is 61.3 cm³/mol. The molecule has 0 saturated carbocycles. The van der Waals surface area contributed by atoms with Gasteiger partial charge in [0.1, 0.15) is 6.04 Å². The minimum absolute atomic E-state index is 0.318. The van der Waals surface area contributed by atoms with Crippen molar-refractivity contribution in [3.63, 3.8) is 0 Å². The number of rotatable bonds is 8. The monoisotopic (exact) mass is 231 g/mol. The lowest BCUT2D eigenvalue weighted by Crippen LogP contribution is -2.47. The van der Waals surface area contributed by atoms with Crippen molar-refractivity contribution in [3.05, 3.63) is 0 Å². The third-order valence-corrected chi connectivity index (χ3v) is 2.14. The van der Waals surface area contributed by atoms with Crippen LogP contribution in [-0.4, -0.2) is 61.7 Å². The highest BCUT2D eigenvalue weighted by molar-refractivity contribution is 5.82. The van der Waals surface area contributed by atoms with E-state index in [1.165, 1.54) is 6.92 Å². The highest BCUT2D eigenvalue weighted by atomic mass is 16.4. The number of carbonyl (C=O) groups is 2. The van der Waals surface area contributed by atoms with Gasteiger partial charge >= 0.3 is 5.97 Å². The van der Waals surface area contributed by atoms with E-state index >= 15 is 0 Å². The first-order chi connectivity index (χ1) is 7.47. The van der Waals surface area contributed by atoms with Crippen molar-refractivity contribution in [2.75, 3.05) is 33.7 Å². The standard InChI is InChI=1S/C10H21N3O3/c1-8(14)12-9(10(15)16)7-13(3)6-4-5-11-2/h9,11H,4-7H2,1-3H3,(H,12,14)(H,15,16). The zero-order chi connectivity index (χ0) is 12.6. The molecule has 0 heterocycles. The van der Waals surface area contributed by atoms with Gasteiger partial charge in [-0.05, 0) is 33.6 Å². The van der Waals surface area contributed by atoms with Gasteiger partial charge in [0, 0.05) is 13.5 Å². The molecule has 3 N–H and O–H groups in total. The summed E-state index contributed by atoms with van der Waals surface area (Å²) in [6.45, 7) is 3.32. The van der Waals surface area contributed by atoms with Crippen molar-refractivity contribution >= 4 is 11.9 Å². The lowest BCUT2D eigenvalue weighted by Gasteiger charge is -2.21. The van der Waals surface area contributed by atoms with E-state index in [1.54, 1.807) is 0 Å². The molecule has 0 rings (SSSR count). The Balaban J connectivity index is 3.98. The first-order valence-corrected chi connectivity index (χ1v) is 5.30. The van der Waals surface area contributed by atoms with Crippen LogP contribution < -0.4 is 10.6 Å². The van der Waals surface area contributed by atoms with Crippen molar-refractivity contribution in [1.82, 2.24) is 15.5 Å². The molecule has 94 valence electrons. The van der Waals surface area contributed by atoms with Gasteiger partial charge in [0.2, 0.25) is 5.91 Å². The van der Waals surface area contributed by atoms with Crippen LogP contribution in [0.3, 0.4) is 0 Å². The Morgan fingerprint density at radius 2 is 2.06 bits per heavy atom. The van der Waals surface area contributed by atoms with Gasteiger partial charge in [-0.15, -0.1) is 0 Å². The first kappa shape index (κ1) is 14.9. The maximum Gasteiger partial charge on any atom is 0.327 e. The molecule has 6 heteroatoms. The van der Waals surface area contributed by atoms with E-state index < -0.39 is 12.0 Å². The number of nitrogens with one attached hydrogen (secondary N) is 2. The smallest absolute Gasteiger partial charge is 0.327 e. The van der Waals surface area contributed by atoms with Gasteiger partial charge in [-0.2, -0.15) is 0 Å². The van der Waals surface area contributed by atoms with Crippen LogP contribution in [0.4, 0.5) is 0 Å². The quantitative estimate of drug-likeness (QED) is 0.472. The molecule has 0 radical (unpaired) electrons. The van der Waals surface area contributed by atoms with E-state index in [-0.39, 0.29) is 5.91 Å². The maximum atomic E-state index is 10.8. The summed E-state index contributed by atoms with van der Waals surface area (Å²) in [5.74, 6) is -1.33. The van der Waals surface area contributed by atoms with Crippen molar-refractivity contribution in [1.29, 1.82) is 0 Å².